The van der Waals surface area contributed by atoms with E-state index < -0.39 is 10.0 Å². The van der Waals surface area contributed by atoms with E-state index in [4.69, 9.17) is 4.52 Å². The summed E-state index contributed by atoms with van der Waals surface area (Å²) in [6, 6.07) is 7.40. The van der Waals surface area contributed by atoms with Gasteiger partial charge in [0.2, 0.25) is 21.8 Å². The molecule has 132 valence electrons. The number of benzene rings is 1. The normalized spacial score (nSPS) is 15.2. The molecule has 1 aliphatic heterocycles. The van der Waals surface area contributed by atoms with E-state index in [2.05, 4.69) is 9.88 Å². The summed E-state index contributed by atoms with van der Waals surface area (Å²) in [4.78, 5) is 24.6. The highest BCUT2D eigenvalue weighted by Gasteiger charge is 2.30. The first-order chi connectivity index (χ1) is 11.9. The Kier molecular flexibility index (Phi) is 4.69. The number of imide groups is 1. The largest absolute Gasteiger partial charge is 0.361 e. The number of aryl methyl sites for hydroxylation is 1. The van der Waals surface area contributed by atoms with Crippen LogP contribution in [0.15, 0.2) is 39.8 Å². The molecule has 0 unspecified atom stereocenters. The molecule has 0 saturated carbocycles. The van der Waals surface area contributed by atoms with Gasteiger partial charge in [-0.25, -0.2) is 13.1 Å². The van der Waals surface area contributed by atoms with E-state index in [1.165, 1.54) is 24.3 Å². The molecule has 3 rings (SSSR count). The Morgan fingerprint density at radius 3 is 2.36 bits per heavy atom. The SMILES string of the molecule is Cc1cc(CCNS(=O)(=O)c2ccc(N3C(=O)CCC3=O)cc2)no1. The van der Waals surface area contributed by atoms with Gasteiger partial charge in [-0.3, -0.25) is 14.5 Å². The zero-order valence-corrected chi connectivity index (χ0v) is 14.4. The van der Waals surface area contributed by atoms with Crippen LogP contribution in [-0.4, -0.2) is 31.9 Å². The number of hydrogen-bond acceptors (Lipinski definition) is 6. The summed E-state index contributed by atoms with van der Waals surface area (Å²) in [6.07, 6.45) is 0.773. The molecule has 1 aromatic heterocycles. The summed E-state index contributed by atoms with van der Waals surface area (Å²) in [5.41, 5.74) is 1.05. The quantitative estimate of drug-likeness (QED) is 0.771. The first kappa shape index (κ1) is 17.3. The highest BCUT2D eigenvalue weighted by atomic mass is 32.2. The van der Waals surface area contributed by atoms with Crippen LogP contribution in [0.3, 0.4) is 0 Å². The third-order valence-corrected chi connectivity index (χ3v) is 5.28. The fourth-order valence-corrected chi connectivity index (χ4v) is 3.60. The zero-order valence-electron chi connectivity index (χ0n) is 13.6. The van der Waals surface area contributed by atoms with Crippen molar-refractivity contribution in [3.63, 3.8) is 0 Å². The molecular weight excluding hydrogens is 346 g/mol. The third kappa shape index (κ3) is 3.77. The van der Waals surface area contributed by atoms with Gasteiger partial charge in [0.25, 0.3) is 0 Å². The van der Waals surface area contributed by atoms with Gasteiger partial charge in [0.1, 0.15) is 5.76 Å². The Morgan fingerprint density at radius 2 is 1.80 bits per heavy atom. The number of hydrogen-bond donors (Lipinski definition) is 1. The minimum absolute atomic E-state index is 0.0617. The Labute approximate surface area is 144 Å². The summed E-state index contributed by atoms with van der Waals surface area (Å²) >= 11 is 0. The maximum Gasteiger partial charge on any atom is 0.240 e. The van der Waals surface area contributed by atoms with E-state index in [0.717, 1.165) is 4.90 Å². The Bertz CT molecular complexity index is 886. The molecule has 0 atom stereocenters. The number of sulfonamides is 1. The van der Waals surface area contributed by atoms with Crippen molar-refractivity contribution in [2.45, 2.75) is 31.1 Å². The highest BCUT2D eigenvalue weighted by Crippen LogP contribution is 2.23. The van der Waals surface area contributed by atoms with Crippen LogP contribution in [0.25, 0.3) is 0 Å². The Morgan fingerprint density at radius 1 is 1.16 bits per heavy atom. The molecule has 1 N–H and O–H groups in total. The van der Waals surface area contributed by atoms with Crippen molar-refractivity contribution in [3.05, 3.63) is 41.8 Å². The third-order valence-electron chi connectivity index (χ3n) is 3.81. The second-order valence-electron chi connectivity index (χ2n) is 5.69. The number of nitrogens with one attached hydrogen (secondary N) is 1. The lowest BCUT2D eigenvalue weighted by Gasteiger charge is -2.14. The van der Waals surface area contributed by atoms with Crippen molar-refractivity contribution < 1.29 is 22.5 Å². The van der Waals surface area contributed by atoms with Gasteiger partial charge in [-0.05, 0) is 31.2 Å². The molecule has 1 aliphatic rings. The van der Waals surface area contributed by atoms with Crippen molar-refractivity contribution in [2.24, 2.45) is 0 Å². The van der Waals surface area contributed by atoms with E-state index >= 15 is 0 Å². The van der Waals surface area contributed by atoms with Crippen LogP contribution in [-0.2, 0) is 26.0 Å². The first-order valence-electron chi connectivity index (χ1n) is 7.74. The van der Waals surface area contributed by atoms with Gasteiger partial charge in [-0.1, -0.05) is 5.16 Å². The highest BCUT2D eigenvalue weighted by molar-refractivity contribution is 7.89. The minimum Gasteiger partial charge on any atom is -0.361 e. The molecule has 0 aliphatic carbocycles. The molecular formula is C16H17N3O5S. The monoisotopic (exact) mass is 363 g/mol. The summed E-state index contributed by atoms with van der Waals surface area (Å²) in [6.45, 7) is 1.94. The fourth-order valence-electron chi connectivity index (χ4n) is 2.57. The molecule has 9 heteroatoms. The maximum absolute atomic E-state index is 12.3. The van der Waals surface area contributed by atoms with Gasteiger partial charge in [0.15, 0.2) is 0 Å². The first-order valence-corrected chi connectivity index (χ1v) is 9.23. The summed E-state index contributed by atoms with van der Waals surface area (Å²) in [5.74, 6) is 0.114. The van der Waals surface area contributed by atoms with Crippen LogP contribution in [0, 0.1) is 6.92 Å². The van der Waals surface area contributed by atoms with Gasteiger partial charge in [-0.15, -0.1) is 0 Å². The van der Waals surface area contributed by atoms with E-state index in [1.807, 2.05) is 0 Å². The van der Waals surface area contributed by atoms with E-state index in [1.54, 1.807) is 13.0 Å². The van der Waals surface area contributed by atoms with Crippen molar-refractivity contribution in [2.75, 3.05) is 11.4 Å². The van der Waals surface area contributed by atoms with E-state index in [0.29, 0.717) is 23.6 Å². The van der Waals surface area contributed by atoms with E-state index in [9.17, 15) is 18.0 Å². The van der Waals surface area contributed by atoms with Gasteiger partial charge in [0.05, 0.1) is 16.3 Å². The standard InChI is InChI=1S/C16H17N3O5S/c1-11-10-12(18-24-11)8-9-17-25(22,23)14-4-2-13(3-5-14)19-15(20)6-7-16(19)21/h2-5,10,17H,6-9H2,1H3. The van der Waals surface area contributed by atoms with Crippen LogP contribution in [0.1, 0.15) is 24.3 Å². The van der Waals surface area contributed by atoms with Crippen molar-refractivity contribution in [1.82, 2.24) is 9.88 Å². The summed E-state index contributed by atoms with van der Waals surface area (Å²) in [7, 11) is -3.69. The van der Waals surface area contributed by atoms with Crippen molar-refractivity contribution in [1.29, 1.82) is 0 Å². The second-order valence-corrected chi connectivity index (χ2v) is 7.46. The lowest BCUT2D eigenvalue weighted by atomic mass is 10.3. The molecule has 1 aromatic carbocycles. The minimum atomic E-state index is -3.69. The number of carbonyl (C=O) groups excluding carboxylic acids is 2. The predicted molar refractivity (Wildman–Crippen MR) is 88.3 cm³/mol. The molecule has 0 radical (unpaired) electrons. The van der Waals surface area contributed by atoms with Crippen LogP contribution < -0.4 is 9.62 Å². The molecule has 0 spiro atoms. The van der Waals surface area contributed by atoms with Gasteiger partial charge < -0.3 is 4.52 Å². The molecule has 8 nitrogen and oxygen atoms in total. The number of amides is 2. The summed E-state index contributed by atoms with van der Waals surface area (Å²) in [5, 5.41) is 3.80. The molecule has 0 bridgehead atoms. The number of rotatable bonds is 6. The molecule has 25 heavy (non-hydrogen) atoms. The lowest BCUT2D eigenvalue weighted by Crippen LogP contribution is -2.29. The number of carbonyl (C=O) groups is 2. The van der Waals surface area contributed by atoms with Crippen LogP contribution >= 0.6 is 0 Å². The Balaban J connectivity index is 1.66. The molecule has 1 saturated heterocycles. The number of anilines is 1. The number of nitrogens with zero attached hydrogens (tertiary/aromatic N) is 2. The summed E-state index contributed by atoms with van der Waals surface area (Å²) < 4.78 is 32.0. The Hall–Kier alpha value is -2.52. The average Bonchev–Trinajstić information content (AvgIpc) is 3.13. The predicted octanol–water partition coefficient (Wildman–Crippen LogP) is 1.16. The molecule has 2 heterocycles. The fraction of sp³-hybridized carbons (Fsp3) is 0.312. The van der Waals surface area contributed by atoms with Crippen LogP contribution in [0.2, 0.25) is 0 Å². The smallest absolute Gasteiger partial charge is 0.240 e. The number of aromatic nitrogens is 1. The van der Waals surface area contributed by atoms with E-state index in [-0.39, 0.29) is 36.1 Å². The van der Waals surface area contributed by atoms with Crippen LogP contribution in [0.4, 0.5) is 5.69 Å². The maximum atomic E-state index is 12.3. The molecule has 1 fully saturated rings. The average molecular weight is 363 g/mol. The lowest BCUT2D eigenvalue weighted by molar-refractivity contribution is -0.121. The van der Waals surface area contributed by atoms with Gasteiger partial charge in [-0.2, -0.15) is 0 Å². The second kappa shape index (κ2) is 6.77. The van der Waals surface area contributed by atoms with Crippen LogP contribution in [0.5, 0.6) is 0 Å². The zero-order chi connectivity index (χ0) is 18.0. The van der Waals surface area contributed by atoms with Crippen molar-refractivity contribution >= 4 is 27.5 Å². The topological polar surface area (TPSA) is 110 Å². The molecule has 2 amide bonds. The van der Waals surface area contributed by atoms with Gasteiger partial charge in [0, 0.05) is 31.9 Å². The van der Waals surface area contributed by atoms with Crippen molar-refractivity contribution in [3.8, 4) is 0 Å². The van der Waals surface area contributed by atoms with Gasteiger partial charge >= 0.3 is 0 Å². The molecule has 2 aromatic rings.